The molecule has 11 nitrogen and oxygen atoms in total. The van der Waals surface area contributed by atoms with Crippen molar-refractivity contribution < 1.29 is 38.9 Å². The summed E-state index contributed by atoms with van der Waals surface area (Å²) in [5, 5.41) is 27.7. The maximum Gasteiger partial charge on any atom is 0.326 e. The molecule has 1 heterocycles. The van der Waals surface area contributed by atoms with Crippen LogP contribution in [0.4, 0.5) is 0 Å². The molecular weight excluding hydrogens is 698 g/mol. The molecule has 12 heteroatoms. The summed E-state index contributed by atoms with van der Waals surface area (Å²) in [4.78, 5) is 52.0. The van der Waals surface area contributed by atoms with E-state index in [2.05, 4.69) is 22.9 Å². The Kier molecular flexibility index (Phi) is 17.5. The van der Waals surface area contributed by atoms with Gasteiger partial charge in [0.15, 0.2) is 0 Å². The number of epoxide rings is 1. The molecule has 0 bridgehead atoms. The lowest BCUT2D eigenvalue weighted by Crippen LogP contribution is -2.57. The fraction of sp³-hybridized carbons (Fsp3) is 0.561. The topological polar surface area (TPSA) is 167 Å². The van der Waals surface area contributed by atoms with Gasteiger partial charge in [0.05, 0.1) is 30.3 Å². The van der Waals surface area contributed by atoms with E-state index in [1.807, 2.05) is 58.9 Å². The van der Waals surface area contributed by atoms with Gasteiger partial charge >= 0.3 is 5.97 Å². The van der Waals surface area contributed by atoms with Gasteiger partial charge in [0.25, 0.3) is 0 Å². The summed E-state index contributed by atoms with van der Waals surface area (Å²) in [6, 6.07) is 9.98. The number of aliphatic hydroxyl groups excluding tert-OH is 1. The third kappa shape index (κ3) is 14.1. The van der Waals surface area contributed by atoms with E-state index in [0.717, 1.165) is 17.5 Å². The lowest BCUT2D eigenvalue weighted by Gasteiger charge is -2.34. The van der Waals surface area contributed by atoms with Crippen LogP contribution >= 0.6 is 11.6 Å². The first kappa shape index (κ1) is 45.2. The number of nitrogens with one attached hydrogen (secondary N) is 3. The highest BCUT2D eigenvalue weighted by Gasteiger charge is 2.43. The molecule has 1 saturated heterocycles. The van der Waals surface area contributed by atoms with Crippen molar-refractivity contribution in [1.82, 2.24) is 16.0 Å². The molecule has 3 rings (SSSR count). The number of carbonyl (C=O) groups excluding carboxylic acids is 3. The van der Waals surface area contributed by atoms with Crippen LogP contribution in [0.1, 0.15) is 104 Å². The van der Waals surface area contributed by atoms with Gasteiger partial charge < -0.3 is 35.6 Å². The van der Waals surface area contributed by atoms with Crippen molar-refractivity contribution in [3.63, 3.8) is 0 Å². The second kappa shape index (κ2) is 20.5. The van der Waals surface area contributed by atoms with Crippen molar-refractivity contribution in [3.8, 4) is 5.75 Å². The number of hydrogen-bond donors (Lipinski definition) is 5. The second-order valence-electron chi connectivity index (χ2n) is 15.2. The Hall–Kier alpha value is -3.93. The minimum atomic E-state index is -1.19. The molecule has 0 saturated carbocycles. The fourth-order valence-electron chi connectivity index (χ4n) is 5.70. The summed E-state index contributed by atoms with van der Waals surface area (Å²) in [5.41, 5.74) is 1.07. The van der Waals surface area contributed by atoms with Crippen LogP contribution < -0.4 is 20.7 Å². The predicted molar refractivity (Wildman–Crippen MR) is 208 cm³/mol. The van der Waals surface area contributed by atoms with Crippen molar-refractivity contribution in [2.45, 2.75) is 125 Å². The van der Waals surface area contributed by atoms with E-state index in [1.165, 1.54) is 13.2 Å². The highest BCUT2D eigenvalue weighted by Crippen LogP contribution is 2.44. The number of ether oxygens (including phenoxy) is 2. The number of carboxylic acid groups (broad SMARTS) is 1. The van der Waals surface area contributed by atoms with E-state index >= 15 is 0 Å². The number of aliphatic hydroxyl groups is 1. The molecule has 0 spiro atoms. The highest BCUT2D eigenvalue weighted by atomic mass is 35.5. The van der Waals surface area contributed by atoms with Crippen LogP contribution in [0.3, 0.4) is 0 Å². The number of rotatable bonds is 18. The van der Waals surface area contributed by atoms with Crippen LogP contribution in [0, 0.1) is 16.7 Å². The molecule has 2 aromatic carbocycles. The number of amides is 3. The number of halogens is 1. The van der Waals surface area contributed by atoms with Gasteiger partial charge in [-0.3, -0.25) is 14.4 Å². The third-order valence-corrected chi connectivity index (χ3v) is 9.67. The molecule has 0 radical (unpaired) electrons. The molecule has 2 unspecified atom stereocenters. The van der Waals surface area contributed by atoms with Crippen LogP contribution in [0.15, 0.2) is 54.6 Å². The molecule has 2 aromatic rings. The molecule has 53 heavy (non-hydrogen) atoms. The van der Waals surface area contributed by atoms with Crippen molar-refractivity contribution in [2.75, 3.05) is 7.11 Å². The second-order valence-corrected chi connectivity index (χ2v) is 15.6. The standard InChI is InChI=1S/C39H54ClN3O8.C2H6/c1-23(33-34(51-33)27-16-13-25(22-44)14-17-27)11-9-10-12-32(45)42-29(20-26-15-18-31(50-8)28(40)19-26)35(46)41-24(2)39(6,7)37(49)43-30(36(47)48)21-38(3,4)5;1-2/h10,12-19,23-24,29-30,33-34,44H,9,11,20-22H2,1-8H3,(H,41,46)(H,42,45)(H,43,49)(H,47,48);1-2H3/b12-10+;/t23-,24-,29+,30-,33?,34?;/m0./s1. The molecular formula is C41H60ClN3O8. The number of carbonyl (C=O) groups is 4. The normalized spacial score (nSPS) is 17.7. The summed E-state index contributed by atoms with van der Waals surface area (Å²) in [6.45, 7) is 16.7. The zero-order chi connectivity index (χ0) is 40.1. The van der Waals surface area contributed by atoms with Gasteiger partial charge in [0.2, 0.25) is 17.7 Å². The molecule has 1 fully saturated rings. The zero-order valence-electron chi connectivity index (χ0n) is 32.9. The van der Waals surface area contributed by atoms with E-state index < -0.39 is 47.2 Å². The maximum atomic E-state index is 13.7. The number of carboxylic acids is 1. The van der Waals surface area contributed by atoms with Crippen LogP contribution in [-0.2, 0) is 36.9 Å². The molecule has 6 atom stereocenters. The average molecular weight is 758 g/mol. The predicted octanol–water partition coefficient (Wildman–Crippen LogP) is 6.54. The molecule has 5 N–H and O–H groups in total. The Labute approximate surface area is 320 Å². The Morgan fingerprint density at radius 3 is 2.11 bits per heavy atom. The van der Waals surface area contributed by atoms with Gasteiger partial charge in [-0.05, 0) is 86.3 Å². The number of hydrogen-bond acceptors (Lipinski definition) is 7. The van der Waals surface area contributed by atoms with Crippen LogP contribution in [0.2, 0.25) is 5.02 Å². The summed E-state index contributed by atoms with van der Waals surface area (Å²) in [5.74, 6) is -1.90. The Bertz CT molecular complexity index is 1550. The highest BCUT2D eigenvalue weighted by molar-refractivity contribution is 6.32. The SMILES string of the molecule is CC.COc1ccc(C[C@@H](NC(=O)/C=C/CC[C@H](C)C2OC2c2ccc(CO)cc2)C(=O)N[C@@H](C)C(C)(C)C(=O)N[C@@H](CC(C)(C)C)C(=O)O)cc1Cl. The Morgan fingerprint density at radius 1 is 0.943 bits per heavy atom. The quantitative estimate of drug-likeness (QED) is 0.0844. The van der Waals surface area contributed by atoms with Crippen molar-refractivity contribution in [1.29, 1.82) is 0 Å². The molecule has 0 aliphatic carbocycles. The monoisotopic (exact) mass is 757 g/mol. The summed E-state index contributed by atoms with van der Waals surface area (Å²) in [6.07, 6.45) is 5.04. The Balaban J connectivity index is 0.00000477. The first-order chi connectivity index (χ1) is 24.9. The Morgan fingerprint density at radius 2 is 1.57 bits per heavy atom. The minimum absolute atomic E-state index is 0.00261. The van der Waals surface area contributed by atoms with Gasteiger partial charge in [-0.1, -0.05) is 89.6 Å². The van der Waals surface area contributed by atoms with Gasteiger partial charge in [0.1, 0.15) is 23.9 Å². The smallest absolute Gasteiger partial charge is 0.326 e. The first-order valence-corrected chi connectivity index (χ1v) is 18.7. The van der Waals surface area contributed by atoms with E-state index in [1.54, 1.807) is 45.0 Å². The molecule has 294 valence electrons. The summed E-state index contributed by atoms with van der Waals surface area (Å²) < 4.78 is 11.2. The summed E-state index contributed by atoms with van der Waals surface area (Å²) >= 11 is 6.35. The van der Waals surface area contributed by atoms with Gasteiger partial charge in [-0.2, -0.15) is 0 Å². The van der Waals surface area contributed by atoms with Crippen LogP contribution in [0.5, 0.6) is 5.75 Å². The van der Waals surface area contributed by atoms with E-state index in [4.69, 9.17) is 21.1 Å². The molecule has 1 aliphatic heterocycles. The number of aliphatic carboxylic acids is 1. The molecule has 1 aliphatic rings. The van der Waals surface area contributed by atoms with Crippen LogP contribution in [0.25, 0.3) is 0 Å². The zero-order valence-corrected chi connectivity index (χ0v) is 33.7. The lowest BCUT2D eigenvalue weighted by atomic mass is 9.82. The molecule has 3 amide bonds. The van der Waals surface area contributed by atoms with Gasteiger partial charge in [-0.15, -0.1) is 0 Å². The largest absolute Gasteiger partial charge is 0.495 e. The van der Waals surface area contributed by atoms with Gasteiger partial charge in [0, 0.05) is 12.5 Å². The van der Waals surface area contributed by atoms with E-state index in [9.17, 15) is 29.4 Å². The van der Waals surface area contributed by atoms with Crippen molar-refractivity contribution >= 4 is 35.3 Å². The minimum Gasteiger partial charge on any atom is -0.495 e. The van der Waals surface area contributed by atoms with Crippen LogP contribution in [-0.4, -0.2) is 65.2 Å². The van der Waals surface area contributed by atoms with E-state index in [-0.39, 0.29) is 43.0 Å². The third-order valence-electron chi connectivity index (χ3n) is 9.37. The van der Waals surface area contributed by atoms with Gasteiger partial charge in [-0.25, -0.2) is 4.79 Å². The van der Waals surface area contributed by atoms with Crippen molar-refractivity contribution in [2.24, 2.45) is 16.7 Å². The van der Waals surface area contributed by atoms with Crippen molar-refractivity contribution in [3.05, 3.63) is 76.3 Å². The van der Waals surface area contributed by atoms with E-state index in [0.29, 0.717) is 22.8 Å². The lowest BCUT2D eigenvalue weighted by molar-refractivity contribution is -0.145. The average Bonchev–Trinajstić information content (AvgIpc) is 3.91. The number of methoxy groups -OCH3 is 1. The number of allylic oxidation sites excluding steroid dienone is 1. The summed E-state index contributed by atoms with van der Waals surface area (Å²) in [7, 11) is 1.50. The number of benzene rings is 2. The maximum absolute atomic E-state index is 13.7. The fourth-order valence-corrected chi connectivity index (χ4v) is 5.98. The first-order valence-electron chi connectivity index (χ1n) is 18.3. The molecule has 0 aromatic heterocycles.